The Balaban J connectivity index is 2.16. The van der Waals surface area contributed by atoms with Crippen LogP contribution in [-0.2, 0) is 13.0 Å². The van der Waals surface area contributed by atoms with Crippen LogP contribution < -0.4 is 4.74 Å². The first kappa shape index (κ1) is 12.4. The maximum absolute atomic E-state index is 12.2. The van der Waals surface area contributed by atoms with Gasteiger partial charge < -0.3 is 4.74 Å². The number of ketones is 1. The molecule has 0 unspecified atom stereocenters. The van der Waals surface area contributed by atoms with Crippen LogP contribution in [0.2, 0.25) is 0 Å². The van der Waals surface area contributed by atoms with Gasteiger partial charge in [0.25, 0.3) is 0 Å². The molecular weight excluding hydrogens is 228 g/mol. The van der Waals surface area contributed by atoms with E-state index in [-0.39, 0.29) is 5.78 Å². The van der Waals surface area contributed by atoms with Gasteiger partial charge in [-0.15, -0.1) is 0 Å². The molecule has 0 fully saturated rings. The maximum atomic E-state index is 12.2. The molecule has 4 heteroatoms. The lowest BCUT2D eigenvalue weighted by Crippen LogP contribution is -2.05. The summed E-state index contributed by atoms with van der Waals surface area (Å²) in [5.74, 6) is 0.661. The SMILES string of the molecule is CCn1cc(CC(=O)c2ccccc2OC)cn1. The zero-order valence-electron chi connectivity index (χ0n) is 10.6. The number of aromatic nitrogens is 2. The number of carbonyl (C=O) groups excluding carboxylic acids is 1. The van der Waals surface area contributed by atoms with Crippen LogP contribution in [0.4, 0.5) is 0 Å². The minimum Gasteiger partial charge on any atom is -0.496 e. The molecule has 0 amide bonds. The molecule has 0 bridgehead atoms. The van der Waals surface area contributed by atoms with E-state index >= 15 is 0 Å². The molecule has 0 aliphatic carbocycles. The summed E-state index contributed by atoms with van der Waals surface area (Å²) in [6.45, 7) is 2.82. The third kappa shape index (κ3) is 2.59. The van der Waals surface area contributed by atoms with Gasteiger partial charge in [0.15, 0.2) is 5.78 Å². The Kier molecular flexibility index (Phi) is 3.77. The first-order valence-electron chi connectivity index (χ1n) is 5.92. The van der Waals surface area contributed by atoms with Crippen molar-refractivity contribution in [2.24, 2.45) is 0 Å². The molecule has 0 saturated heterocycles. The highest BCUT2D eigenvalue weighted by molar-refractivity contribution is 5.99. The summed E-state index contributed by atoms with van der Waals surface area (Å²) in [6.07, 6.45) is 3.98. The summed E-state index contributed by atoms with van der Waals surface area (Å²) >= 11 is 0. The fraction of sp³-hybridized carbons (Fsp3) is 0.286. The van der Waals surface area contributed by atoms with E-state index < -0.39 is 0 Å². The van der Waals surface area contributed by atoms with Crippen LogP contribution >= 0.6 is 0 Å². The molecule has 0 aliphatic rings. The van der Waals surface area contributed by atoms with Gasteiger partial charge in [-0.3, -0.25) is 9.48 Å². The lowest BCUT2D eigenvalue weighted by molar-refractivity contribution is 0.0990. The van der Waals surface area contributed by atoms with Crippen molar-refractivity contribution in [1.29, 1.82) is 0 Å². The normalized spacial score (nSPS) is 10.3. The molecule has 1 aromatic carbocycles. The Morgan fingerprint density at radius 3 is 2.83 bits per heavy atom. The molecule has 2 rings (SSSR count). The van der Waals surface area contributed by atoms with E-state index in [0.717, 1.165) is 12.1 Å². The predicted octanol–water partition coefficient (Wildman–Crippen LogP) is 2.34. The molecule has 0 spiro atoms. The third-order valence-electron chi connectivity index (χ3n) is 2.78. The minimum atomic E-state index is 0.0445. The molecule has 0 N–H and O–H groups in total. The van der Waals surface area contributed by atoms with E-state index in [1.54, 1.807) is 25.4 Å². The number of para-hydroxylation sites is 1. The Bertz CT molecular complexity index is 546. The van der Waals surface area contributed by atoms with Crippen molar-refractivity contribution in [3.8, 4) is 5.75 Å². The van der Waals surface area contributed by atoms with E-state index in [0.29, 0.717) is 17.7 Å². The van der Waals surface area contributed by atoms with E-state index in [1.807, 2.05) is 29.9 Å². The molecule has 0 radical (unpaired) electrons. The van der Waals surface area contributed by atoms with Crippen LogP contribution in [0.3, 0.4) is 0 Å². The highest BCUT2D eigenvalue weighted by atomic mass is 16.5. The fourth-order valence-corrected chi connectivity index (χ4v) is 1.83. The van der Waals surface area contributed by atoms with Crippen molar-refractivity contribution in [2.75, 3.05) is 7.11 Å². The van der Waals surface area contributed by atoms with E-state index in [2.05, 4.69) is 5.10 Å². The molecule has 1 aromatic heterocycles. The molecule has 4 nitrogen and oxygen atoms in total. The number of aryl methyl sites for hydroxylation is 1. The number of benzene rings is 1. The number of rotatable bonds is 5. The number of Topliss-reactive ketones (excluding diaryl/α,β-unsaturated/α-hetero) is 1. The van der Waals surface area contributed by atoms with Gasteiger partial charge in [-0.25, -0.2) is 0 Å². The molecule has 94 valence electrons. The molecule has 0 saturated carbocycles. The molecule has 1 heterocycles. The van der Waals surface area contributed by atoms with Crippen molar-refractivity contribution >= 4 is 5.78 Å². The van der Waals surface area contributed by atoms with E-state index in [9.17, 15) is 4.79 Å². The van der Waals surface area contributed by atoms with Gasteiger partial charge in [0.1, 0.15) is 5.75 Å². The van der Waals surface area contributed by atoms with Gasteiger partial charge in [-0.05, 0) is 24.6 Å². The quantitative estimate of drug-likeness (QED) is 0.758. The smallest absolute Gasteiger partial charge is 0.171 e. The monoisotopic (exact) mass is 244 g/mol. The lowest BCUT2D eigenvalue weighted by Gasteiger charge is -2.06. The summed E-state index contributed by atoms with van der Waals surface area (Å²) in [5, 5.41) is 4.16. The highest BCUT2D eigenvalue weighted by Gasteiger charge is 2.12. The Morgan fingerprint density at radius 1 is 1.39 bits per heavy atom. The van der Waals surface area contributed by atoms with Crippen LogP contribution in [0.5, 0.6) is 5.75 Å². The van der Waals surface area contributed by atoms with Crippen LogP contribution in [0, 0.1) is 0 Å². The van der Waals surface area contributed by atoms with Gasteiger partial charge in [0.2, 0.25) is 0 Å². The Morgan fingerprint density at radius 2 is 2.17 bits per heavy atom. The average molecular weight is 244 g/mol. The van der Waals surface area contributed by atoms with Crippen molar-refractivity contribution in [3.63, 3.8) is 0 Å². The number of hydrogen-bond donors (Lipinski definition) is 0. The van der Waals surface area contributed by atoms with Gasteiger partial charge in [0.05, 0.1) is 18.9 Å². The summed E-state index contributed by atoms with van der Waals surface area (Å²) in [7, 11) is 1.57. The number of methoxy groups -OCH3 is 1. The third-order valence-corrected chi connectivity index (χ3v) is 2.78. The number of ether oxygens (including phenoxy) is 1. The minimum absolute atomic E-state index is 0.0445. The predicted molar refractivity (Wildman–Crippen MR) is 68.9 cm³/mol. The average Bonchev–Trinajstić information content (AvgIpc) is 2.86. The van der Waals surface area contributed by atoms with Gasteiger partial charge in [-0.2, -0.15) is 5.10 Å². The molecule has 2 aromatic rings. The lowest BCUT2D eigenvalue weighted by atomic mass is 10.0. The summed E-state index contributed by atoms with van der Waals surface area (Å²) in [5.41, 5.74) is 1.54. The van der Waals surface area contributed by atoms with Crippen LogP contribution in [0.1, 0.15) is 22.8 Å². The fourth-order valence-electron chi connectivity index (χ4n) is 1.83. The highest BCUT2D eigenvalue weighted by Crippen LogP contribution is 2.19. The number of nitrogens with zero attached hydrogens (tertiary/aromatic N) is 2. The summed E-state index contributed by atoms with van der Waals surface area (Å²) in [4.78, 5) is 12.2. The standard InChI is InChI=1S/C14H16N2O2/c1-3-16-10-11(9-15-16)8-13(17)12-6-4-5-7-14(12)18-2/h4-7,9-10H,3,8H2,1-2H3. The second-order valence-corrected chi connectivity index (χ2v) is 4.00. The van der Waals surface area contributed by atoms with Crippen molar-refractivity contribution in [2.45, 2.75) is 19.9 Å². The second-order valence-electron chi connectivity index (χ2n) is 4.00. The van der Waals surface area contributed by atoms with Gasteiger partial charge in [0, 0.05) is 19.2 Å². The first-order valence-corrected chi connectivity index (χ1v) is 5.92. The second kappa shape index (κ2) is 5.49. The molecule has 18 heavy (non-hydrogen) atoms. The molecule has 0 aliphatic heterocycles. The topological polar surface area (TPSA) is 44.1 Å². The van der Waals surface area contributed by atoms with Crippen molar-refractivity contribution in [3.05, 3.63) is 47.8 Å². The van der Waals surface area contributed by atoms with E-state index in [4.69, 9.17) is 4.74 Å². The summed E-state index contributed by atoms with van der Waals surface area (Å²) in [6, 6.07) is 7.27. The molecular formula is C14H16N2O2. The number of hydrogen-bond acceptors (Lipinski definition) is 3. The Hall–Kier alpha value is -2.10. The van der Waals surface area contributed by atoms with Crippen LogP contribution in [-0.4, -0.2) is 22.7 Å². The van der Waals surface area contributed by atoms with Gasteiger partial charge in [-0.1, -0.05) is 12.1 Å². The van der Waals surface area contributed by atoms with Crippen LogP contribution in [0.25, 0.3) is 0 Å². The Labute approximate surface area is 106 Å². The maximum Gasteiger partial charge on any atom is 0.171 e. The first-order chi connectivity index (χ1) is 8.74. The number of carbonyl (C=O) groups is 1. The van der Waals surface area contributed by atoms with Gasteiger partial charge >= 0.3 is 0 Å². The summed E-state index contributed by atoms with van der Waals surface area (Å²) < 4.78 is 7.00. The molecule has 0 atom stereocenters. The van der Waals surface area contributed by atoms with Crippen molar-refractivity contribution < 1.29 is 9.53 Å². The van der Waals surface area contributed by atoms with Crippen molar-refractivity contribution in [1.82, 2.24) is 9.78 Å². The van der Waals surface area contributed by atoms with E-state index in [1.165, 1.54) is 0 Å². The largest absolute Gasteiger partial charge is 0.496 e. The zero-order valence-corrected chi connectivity index (χ0v) is 10.6. The van der Waals surface area contributed by atoms with Crippen LogP contribution in [0.15, 0.2) is 36.7 Å². The zero-order chi connectivity index (χ0) is 13.0.